The van der Waals surface area contributed by atoms with Crippen molar-refractivity contribution in [3.8, 4) is 23.8 Å². The molecule has 0 spiro atoms. The second-order valence-electron chi connectivity index (χ2n) is 8.15. The minimum absolute atomic E-state index is 0.392. The number of nitrogens with one attached hydrogen (secondary N) is 1. The van der Waals surface area contributed by atoms with Gasteiger partial charge in [0.1, 0.15) is 31.7 Å². The fourth-order valence-electron chi connectivity index (χ4n) is 3.61. The molecule has 0 aliphatic heterocycles. The fourth-order valence-corrected chi connectivity index (χ4v) is 3.61. The molecule has 0 fully saturated rings. The zero-order chi connectivity index (χ0) is 27.3. The van der Waals surface area contributed by atoms with E-state index >= 15 is 0 Å². The minimum Gasteiger partial charge on any atom is -0.487 e. The summed E-state index contributed by atoms with van der Waals surface area (Å²) in [5.41, 5.74) is 3.34. The largest absolute Gasteiger partial charge is 0.487 e. The molecule has 3 aromatic carbocycles. The maximum absolute atomic E-state index is 5.86. The first kappa shape index (κ1) is 27.3. The standard InChI is InChI=1S/C22H23N3O4.C8H6N2/c1-4-16-6-5-7-17(12-16)25-22-18-13-20(28-10-8-26-2)21(29-11-9-27-3)14-19(18)23-15-24-22;1-2-4-8-7(3-1)5-9-6-10-8/h1,5-7,12-15H,8-11H2,2-3H3,(H,23,24,25);1-6H. The van der Waals surface area contributed by atoms with E-state index in [1.165, 1.54) is 6.33 Å². The van der Waals surface area contributed by atoms with Crippen molar-refractivity contribution in [2.45, 2.75) is 0 Å². The number of aromatic nitrogens is 4. The SMILES string of the molecule is C#Cc1cccc(Nc2ncnc3cc(OCCOC)c(OCCOC)cc23)c1.c1ccc2ncncc2c1. The Kier molecular flexibility index (Phi) is 9.95. The molecule has 0 saturated carbocycles. The van der Waals surface area contributed by atoms with Crippen LogP contribution < -0.4 is 14.8 Å². The number of nitrogens with zero attached hydrogens (tertiary/aromatic N) is 4. The number of terminal acetylenes is 1. The Labute approximate surface area is 227 Å². The Morgan fingerprint density at radius 2 is 1.51 bits per heavy atom. The van der Waals surface area contributed by atoms with E-state index in [0.717, 1.165) is 33.1 Å². The monoisotopic (exact) mass is 523 g/mol. The lowest BCUT2D eigenvalue weighted by atomic mass is 10.2. The Morgan fingerprint density at radius 3 is 2.26 bits per heavy atom. The maximum atomic E-state index is 5.86. The van der Waals surface area contributed by atoms with Gasteiger partial charge in [-0.2, -0.15) is 0 Å². The Balaban J connectivity index is 0.000000292. The summed E-state index contributed by atoms with van der Waals surface area (Å²) in [7, 11) is 3.25. The van der Waals surface area contributed by atoms with Crippen LogP contribution in [0, 0.1) is 12.3 Å². The summed E-state index contributed by atoms with van der Waals surface area (Å²) in [5, 5.41) is 5.18. The van der Waals surface area contributed by atoms with E-state index in [0.29, 0.717) is 43.7 Å². The van der Waals surface area contributed by atoms with Crippen molar-refractivity contribution in [3.05, 3.63) is 85.1 Å². The predicted octanol–water partition coefficient (Wildman–Crippen LogP) is 5.03. The molecule has 2 aromatic heterocycles. The molecule has 0 unspecified atom stereocenters. The van der Waals surface area contributed by atoms with E-state index in [1.807, 2.05) is 66.9 Å². The van der Waals surface area contributed by atoms with E-state index in [4.69, 9.17) is 25.4 Å². The lowest BCUT2D eigenvalue weighted by molar-refractivity contribution is 0.132. The molecule has 5 aromatic rings. The van der Waals surface area contributed by atoms with Crippen molar-refractivity contribution >= 4 is 33.3 Å². The number of benzene rings is 3. The van der Waals surface area contributed by atoms with E-state index in [1.54, 1.807) is 20.5 Å². The van der Waals surface area contributed by atoms with Crippen molar-refractivity contribution in [2.75, 3.05) is 46.0 Å². The van der Waals surface area contributed by atoms with Crippen molar-refractivity contribution in [2.24, 2.45) is 0 Å². The Morgan fingerprint density at radius 1 is 0.769 bits per heavy atom. The van der Waals surface area contributed by atoms with Gasteiger partial charge in [-0.25, -0.2) is 19.9 Å². The molecule has 0 aliphatic carbocycles. The molecular weight excluding hydrogens is 494 g/mol. The lowest BCUT2D eigenvalue weighted by Gasteiger charge is -2.15. The van der Waals surface area contributed by atoms with E-state index in [2.05, 4.69) is 31.2 Å². The van der Waals surface area contributed by atoms with Gasteiger partial charge in [0.2, 0.25) is 0 Å². The van der Waals surface area contributed by atoms with Crippen LogP contribution in [0.15, 0.2) is 79.5 Å². The number of para-hydroxylation sites is 1. The molecule has 0 amide bonds. The van der Waals surface area contributed by atoms with Gasteiger partial charge >= 0.3 is 0 Å². The molecule has 9 nitrogen and oxygen atoms in total. The molecule has 2 heterocycles. The van der Waals surface area contributed by atoms with Gasteiger partial charge in [0, 0.05) is 48.5 Å². The number of ether oxygens (including phenoxy) is 4. The summed E-state index contributed by atoms with van der Waals surface area (Å²) >= 11 is 0. The first-order chi connectivity index (χ1) is 19.2. The molecule has 39 heavy (non-hydrogen) atoms. The summed E-state index contributed by atoms with van der Waals surface area (Å²) in [6.07, 6.45) is 10.4. The second-order valence-corrected chi connectivity index (χ2v) is 8.15. The average molecular weight is 524 g/mol. The second kappa shape index (κ2) is 14.2. The number of hydrogen-bond acceptors (Lipinski definition) is 9. The molecule has 0 atom stereocenters. The topological polar surface area (TPSA) is 101 Å². The molecular formula is C30H29N5O4. The first-order valence-electron chi connectivity index (χ1n) is 12.2. The average Bonchev–Trinajstić information content (AvgIpc) is 2.98. The fraction of sp³-hybridized carbons (Fsp3) is 0.200. The van der Waals surface area contributed by atoms with E-state index in [9.17, 15) is 0 Å². The third-order valence-electron chi connectivity index (χ3n) is 5.50. The van der Waals surface area contributed by atoms with Gasteiger partial charge in [-0.05, 0) is 30.3 Å². The van der Waals surface area contributed by atoms with Gasteiger partial charge in [0.25, 0.3) is 0 Å². The highest BCUT2D eigenvalue weighted by molar-refractivity contribution is 5.93. The first-order valence-corrected chi connectivity index (χ1v) is 12.2. The Bertz CT molecular complexity index is 1490. The van der Waals surface area contributed by atoms with Crippen LogP contribution in [0.3, 0.4) is 0 Å². The van der Waals surface area contributed by atoms with Crippen molar-refractivity contribution < 1.29 is 18.9 Å². The van der Waals surface area contributed by atoms with Gasteiger partial charge in [-0.15, -0.1) is 6.42 Å². The summed E-state index contributed by atoms with van der Waals surface area (Å²) in [6, 6.07) is 19.2. The molecule has 1 N–H and O–H groups in total. The smallest absolute Gasteiger partial charge is 0.163 e. The van der Waals surface area contributed by atoms with Crippen LogP contribution >= 0.6 is 0 Å². The predicted molar refractivity (Wildman–Crippen MR) is 151 cm³/mol. The maximum Gasteiger partial charge on any atom is 0.163 e. The zero-order valence-corrected chi connectivity index (χ0v) is 21.8. The Hall–Kier alpha value is -4.78. The van der Waals surface area contributed by atoms with Gasteiger partial charge in [0.15, 0.2) is 11.5 Å². The van der Waals surface area contributed by atoms with Gasteiger partial charge in [-0.1, -0.05) is 30.2 Å². The number of rotatable bonds is 10. The van der Waals surface area contributed by atoms with Crippen molar-refractivity contribution in [3.63, 3.8) is 0 Å². The number of anilines is 2. The van der Waals surface area contributed by atoms with Crippen LogP contribution in [0.4, 0.5) is 11.5 Å². The van der Waals surface area contributed by atoms with Gasteiger partial charge < -0.3 is 24.3 Å². The molecule has 0 aliphatic rings. The van der Waals surface area contributed by atoms with Gasteiger partial charge in [0.05, 0.1) is 24.2 Å². The number of fused-ring (bicyclic) bond motifs is 2. The van der Waals surface area contributed by atoms with Gasteiger partial charge in [-0.3, -0.25) is 0 Å². The normalized spacial score (nSPS) is 10.4. The summed E-state index contributed by atoms with van der Waals surface area (Å²) in [4.78, 5) is 16.7. The van der Waals surface area contributed by atoms with Crippen LogP contribution in [0.2, 0.25) is 0 Å². The van der Waals surface area contributed by atoms with E-state index in [-0.39, 0.29) is 0 Å². The minimum atomic E-state index is 0.392. The number of methoxy groups -OCH3 is 2. The quantitative estimate of drug-likeness (QED) is 0.199. The molecule has 0 radical (unpaired) electrons. The molecule has 9 heteroatoms. The summed E-state index contributed by atoms with van der Waals surface area (Å²) in [5.74, 6) is 4.44. The highest BCUT2D eigenvalue weighted by Gasteiger charge is 2.13. The molecule has 198 valence electrons. The van der Waals surface area contributed by atoms with Crippen LogP contribution in [0.5, 0.6) is 11.5 Å². The van der Waals surface area contributed by atoms with Crippen LogP contribution in [0.25, 0.3) is 21.8 Å². The summed E-state index contributed by atoms with van der Waals surface area (Å²) < 4.78 is 21.8. The van der Waals surface area contributed by atoms with Crippen molar-refractivity contribution in [1.82, 2.24) is 19.9 Å². The van der Waals surface area contributed by atoms with Crippen molar-refractivity contribution in [1.29, 1.82) is 0 Å². The number of hydrogen-bond donors (Lipinski definition) is 1. The highest BCUT2D eigenvalue weighted by Crippen LogP contribution is 2.35. The molecule has 0 bridgehead atoms. The summed E-state index contributed by atoms with van der Waals surface area (Å²) in [6.45, 7) is 1.73. The van der Waals surface area contributed by atoms with Crippen LogP contribution in [0.1, 0.15) is 5.56 Å². The molecule has 5 rings (SSSR count). The zero-order valence-electron chi connectivity index (χ0n) is 21.8. The molecule has 0 saturated heterocycles. The highest BCUT2D eigenvalue weighted by atomic mass is 16.5. The lowest BCUT2D eigenvalue weighted by Crippen LogP contribution is -2.09. The van der Waals surface area contributed by atoms with Crippen LogP contribution in [-0.4, -0.2) is 60.6 Å². The third kappa shape index (κ3) is 7.61. The van der Waals surface area contributed by atoms with Crippen LogP contribution in [-0.2, 0) is 9.47 Å². The third-order valence-corrected chi connectivity index (χ3v) is 5.50. The van der Waals surface area contributed by atoms with E-state index < -0.39 is 0 Å².